The number of piperazine rings is 1. The monoisotopic (exact) mass is 405 g/mol. The van der Waals surface area contributed by atoms with E-state index in [1.807, 2.05) is 18.2 Å². The molecule has 2 aromatic carbocycles. The molecule has 1 fully saturated rings. The third-order valence-corrected chi connectivity index (χ3v) is 5.10. The zero-order valence-electron chi connectivity index (χ0n) is 17.0. The maximum Gasteiger partial charge on any atom is 0.335 e. The third kappa shape index (κ3) is 6.33. The smallest absolute Gasteiger partial charge is 0.335 e. The molecule has 1 saturated heterocycles. The number of aromatic carboxylic acids is 1. The number of carboxylic acids is 1. The van der Waals surface area contributed by atoms with E-state index in [2.05, 4.69) is 33.3 Å². The van der Waals surface area contributed by atoms with Crippen LogP contribution in [0, 0.1) is 11.3 Å². The van der Waals surface area contributed by atoms with E-state index in [0.717, 1.165) is 50.8 Å². The second-order valence-corrected chi connectivity index (χ2v) is 7.19. The van der Waals surface area contributed by atoms with Crippen molar-refractivity contribution in [3.8, 4) is 6.07 Å². The van der Waals surface area contributed by atoms with Crippen molar-refractivity contribution in [2.75, 3.05) is 44.6 Å². The number of carboxylic acid groups (broad SMARTS) is 1. The highest BCUT2D eigenvalue weighted by atomic mass is 16.4. The van der Waals surface area contributed by atoms with Crippen molar-refractivity contribution < 1.29 is 9.90 Å². The molecular weight excluding hydrogens is 378 g/mol. The summed E-state index contributed by atoms with van der Waals surface area (Å²) in [6.07, 6.45) is 1.40. The average Bonchev–Trinajstić information content (AvgIpc) is 2.78. The molecule has 0 saturated carbocycles. The lowest BCUT2D eigenvalue weighted by Gasteiger charge is -2.36. The molecule has 0 unspecified atom stereocenters. The van der Waals surface area contributed by atoms with Gasteiger partial charge in [-0.3, -0.25) is 9.89 Å². The molecule has 30 heavy (non-hydrogen) atoms. The molecule has 1 aliphatic heterocycles. The normalized spacial score (nSPS) is 14.9. The Morgan fingerprint density at radius 3 is 2.40 bits per heavy atom. The van der Waals surface area contributed by atoms with Gasteiger partial charge >= 0.3 is 5.97 Å². The second kappa shape index (κ2) is 11.0. The largest absolute Gasteiger partial charge is 0.478 e. The number of nitrogens with zero attached hydrogens (tertiary/aromatic N) is 4. The van der Waals surface area contributed by atoms with Crippen LogP contribution in [0.1, 0.15) is 22.3 Å². The molecule has 2 N–H and O–H groups in total. The lowest BCUT2D eigenvalue weighted by atomic mass is 10.2. The third-order valence-electron chi connectivity index (χ3n) is 5.10. The highest BCUT2D eigenvalue weighted by Crippen LogP contribution is 2.12. The van der Waals surface area contributed by atoms with Crippen molar-refractivity contribution in [1.29, 1.82) is 5.26 Å². The first-order chi connectivity index (χ1) is 14.7. The van der Waals surface area contributed by atoms with Gasteiger partial charge in [-0.15, -0.1) is 0 Å². The molecule has 0 bridgehead atoms. The molecule has 0 aliphatic carbocycles. The molecule has 2 aromatic rings. The number of aliphatic imine (C=N–C) groups is 1. The number of carbonyl (C=O) groups is 1. The van der Waals surface area contributed by atoms with E-state index in [4.69, 9.17) is 15.4 Å². The van der Waals surface area contributed by atoms with Gasteiger partial charge in [0.25, 0.3) is 0 Å². The van der Waals surface area contributed by atoms with Gasteiger partial charge in [0.15, 0.2) is 5.96 Å². The number of anilines is 1. The molecule has 1 aliphatic rings. The van der Waals surface area contributed by atoms with Crippen LogP contribution in [0.4, 0.5) is 5.69 Å². The number of nitriles is 1. The molecule has 0 radical (unpaired) electrons. The fourth-order valence-electron chi connectivity index (χ4n) is 3.37. The summed E-state index contributed by atoms with van der Waals surface area (Å²) >= 11 is 0. The Kier molecular flexibility index (Phi) is 7.81. The minimum atomic E-state index is -0.938. The van der Waals surface area contributed by atoms with Gasteiger partial charge in [0.2, 0.25) is 0 Å². The van der Waals surface area contributed by atoms with Gasteiger partial charge in [0, 0.05) is 51.4 Å². The molecule has 7 heteroatoms. The number of guanidine groups is 1. The average molecular weight is 406 g/mol. The number of hydrogen-bond donors (Lipinski definition) is 2. The molecule has 156 valence electrons. The Morgan fingerprint density at radius 2 is 1.77 bits per heavy atom. The Balaban J connectivity index is 1.67. The van der Waals surface area contributed by atoms with Crippen molar-refractivity contribution in [3.05, 3.63) is 65.7 Å². The lowest BCUT2D eigenvalue weighted by molar-refractivity contribution is 0.0697. The summed E-state index contributed by atoms with van der Waals surface area (Å²) in [5.74, 6) is -0.138. The van der Waals surface area contributed by atoms with Gasteiger partial charge < -0.3 is 15.3 Å². The standard InChI is InChI=1S/C23H27N5O2/c24-12-4-14-27-15-17-28(18-16-27)23(25-13-11-19-5-2-1-3-6-19)26-21-9-7-20(8-10-21)22(29)30/h1-3,5-10H,4,11,13-18H2,(H,25,26)(H,29,30). The van der Waals surface area contributed by atoms with E-state index in [-0.39, 0.29) is 5.56 Å². The van der Waals surface area contributed by atoms with Gasteiger partial charge in [-0.2, -0.15) is 5.26 Å². The van der Waals surface area contributed by atoms with Crippen LogP contribution in [0.2, 0.25) is 0 Å². The fourth-order valence-corrected chi connectivity index (χ4v) is 3.37. The number of nitrogens with one attached hydrogen (secondary N) is 1. The fraction of sp³-hybridized carbons (Fsp3) is 0.348. The van der Waals surface area contributed by atoms with Gasteiger partial charge in [0.1, 0.15) is 0 Å². The maximum absolute atomic E-state index is 11.1. The molecule has 0 amide bonds. The van der Waals surface area contributed by atoms with Crippen molar-refractivity contribution in [2.24, 2.45) is 4.99 Å². The summed E-state index contributed by atoms with van der Waals surface area (Å²) in [7, 11) is 0. The van der Waals surface area contributed by atoms with Gasteiger partial charge in [-0.1, -0.05) is 30.3 Å². The van der Waals surface area contributed by atoms with Crippen LogP contribution in [-0.2, 0) is 6.42 Å². The predicted molar refractivity (Wildman–Crippen MR) is 118 cm³/mol. The predicted octanol–water partition coefficient (Wildman–Crippen LogP) is 2.93. The molecule has 0 spiro atoms. The SMILES string of the molecule is N#CCCN1CCN(C(=NCCc2ccccc2)Nc2ccc(C(=O)O)cc2)CC1. The summed E-state index contributed by atoms with van der Waals surface area (Å²) in [6, 6.07) is 19.2. The Labute approximate surface area is 177 Å². The minimum absolute atomic E-state index is 0.259. The number of rotatable bonds is 7. The Morgan fingerprint density at radius 1 is 1.07 bits per heavy atom. The first kappa shape index (κ1) is 21.3. The number of hydrogen-bond acceptors (Lipinski definition) is 4. The molecule has 3 rings (SSSR count). The highest BCUT2D eigenvalue weighted by molar-refractivity contribution is 5.94. The van der Waals surface area contributed by atoms with E-state index in [1.165, 1.54) is 5.56 Å². The molecule has 1 heterocycles. The summed E-state index contributed by atoms with van der Waals surface area (Å²) in [4.78, 5) is 20.4. The van der Waals surface area contributed by atoms with Crippen LogP contribution in [0.25, 0.3) is 0 Å². The van der Waals surface area contributed by atoms with Crippen molar-refractivity contribution in [1.82, 2.24) is 9.80 Å². The summed E-state index contributed by atoms with van der Waals surface area (Å²) in [5.41, 5.74) is 2.31. The van der Waals surface area contributed by atoms with Crippen LogP contribution >= 0.6 is 0 Å². The molecular formula is C23H27N5O2. The Hall–Kier alpha value is -3.37. The highest BCUT2D eigenvalue weighted by Gasteiger charge is 2.19. The number of benzene rings is 2. The minimum Gasteiger partial charge on any atom is -0.478 e. The van der Waals surface area contributed by atoms with Crippen LogP contribution in [-0.4, -0.2) is 66.1 Å². The lowest BCUT2D eigenvalue weighted by Crippen LogP contribution is -2.50. The summed E-state index contributed by atoms with van der Waals surface area (Å²) < 4.78 is 0. The molecule has 0 atom stereocenters. The topological polar surface area (TPSA) is 92.0 Å². The van der Waals surface area contributed by atoms with Crippen LogP contribution in [0.5, 0.6) is 0 Å². The van der Waals surface area contributed by atoms with Crippen LogP contribution in [0.3, 0.4) is 0 Å². The Bertz CT molecular complexity index is 882. The summed E-state index contributed by atoms with van der Waals surface area (Å²) in [5, 5.41) is 21.3. The first-order valence-corrected chi connectivity index (χ1v) is 10.2. The van der Waals surface area contributed by atoms with E-state index in [1.54, 1.807) is 24.3 Å². The zero-order valence-corrected chi connectivity index (χ0v) is 17.0. The van der Waals surface area contributed by atoms with Crippen LogP contribution in [0.15, 0.2) is 59.6 Å². The molecule has 7 nitrogen and oxygen atoms in total. The van der Waals surface area contributed by atoms with Gasteiger partial charge in [-0.05, 0) is 36.2 Å². The van der Waals surface area contributed by atoms with Crippen molar-refractivity contribution in [2.45, 2.75) is 12.8 Å². The molecule has 0 aromatic heterocycles. The summed E-state index contributed by atoms with van der Waals surface area (Å²) in [6.45, 7) is 4.90. The van der Waals surface area contributed by atoms with E-state index in [9.17, 15) is 4.79 Å². The quantitative estimate of drug-likeness (QED) is 0.544. The van der Waals surface area contributed by atoms with Gasteiger partial charge in [-0.25, -0.2) is 4.79 Å². The van der Waals surface area contributed by atoms with E-state index < -0.39 is 5.97 Å². The van der Waals surface area contributed by atoms with Crippen LogP contribution < -0.4 is 5.32 Å². The maximum atomic E-state index is 11.1. The van der Waals surface area contributed by atoms with Crippen molar-refractivity contribution >= 4 is 17.6 Å². The first-order valence-electron chi connectivity index (χ1n) is 10.2. The zero-order chi connectivity index (χ0) is 21.2. The van der Waals surface area contributed by atoms with E-state index in [0.29, 0.717) is 13.0 Å². The second-order valence-electron chi connectivity index (χ2n) is 7.19. The van der Waals surface area contributed by atoms with E-state index >= 15 is 0 Å². The van der Waals surface area contributed by atoms with Gasteiger partial charge in [0.05, 0.1) is 11.6 Å². The van der Waals surface area contributed by atoms with Crippen molar-refractivity contribution in [3.63, 3.8) is 0 Å².